The SMILES string of the molecule is CCCC(=CC(=O)OC)c1ccncc1. The Balaban J connectivity index is 2.93. The number of nitrogens with zero attached hydrogens (tertiary/aromatic N) is 1. The molecular weight excluding hydrogens is 190 g/mol. The number of hydrogen-bond donors (Lipinski definition) is 0. The van der Waals surface area contributed by atoms with E-state index in [0.29, 0.717) is 0 Å². The summed E-state index contributed by atoms with van der Waals surface area (Å²) in [4.78, 5) is 15.1. The van der Waals surface area contributed by atoms with Gasteiger partial charge in [-0.15, -0.1) is 0 Å². The van der Waals surface area contributed by atoms with Gasteiger partial charge in [0.15, 0.2) is 0 Å². The third kappa shape index (κ3) is 3.54. The number of ether oxygens (including phenoxy) is 1. The first-order valence-electron chi connectivity index (χ1n) is 4.96. The van der Waals surface area contributed by atoms with Crippen LogP contribution >= 0.6 is 0 Å². The standard InChI is InChI=1S/C12H15NO2/c1-3-4-11(9-12(14)15-2)10-5-7-13-8-6-10/h5-9H,3-4H2,1-2H3. The molecule has 15 heavy (non-hydrogen) atoms. The van der Waals surface area contributed by atoms with Crippen molar-refractivity contribution in [3.05, 3.63) is 36.2 Å². The van der Waals surface area contributed by atoms with Crippen molar-refractivity contribution in [2.24, 2.45) is 0 Å². The van der Waals surface area contributed by atoms with Crippen molar-refractivity contribution in [3.8, 4) is 0 Å². The fourth-order valence-corrected chi connectivity index (χ4v) is 1.34. The van der Waals surface area contributed by atoms with Gasteiger partial charge in [-0.25, -0.2) is 4.79 Å². The van der Waals surface area contributed by atoms with Crippen molar-refractivity contribution < 1.29 is 9.53 Å². The van der Waals surface area contributed by atoms with E-state index >= 15 is 0 Å². The van der Waals surface area contributed by atoms with Gasteiger partial charge in [-0.3, -0.25) is 4.98 Å². The minimum Gasteiger partial charge on any atom is -0.466 e. The van der Waals surface area contributed by atoms with Crippen LogP contribution in [0.2, 0.25) is 0 Å². The van der Waals surface area contributed by atoms with Crippen LogP contribution in [0, 0.1) is 0 Å². The number of hydrogen-bond acceptors (Lipinski definition) is 3. The Labute approximate surface area is 89.8 Å². The van der Waals surface area contributed by atoms with Crippen LogP contribution in [0.3, 0.4) is 0 Å². The maximum atomic E-state index is 11.2. The van der Waals surface area contributed by atoms with Crippen molar-refractivity contribution in [1.29, 1.82) is 0 Å². The Hall–Kier alpha value is -1.64. The Kier molecular flexibility index (Phi) is 4.54. The van der Waals surface area contributed by atoms with Crippen LogP contribution in [0.15, 0.2) is 30.6 Å². The molecule has 0 saturated carbocycles. The number of methoxy groups -OCH3 is 1. The fourth-order valence-electron chi connectivity index (χ4n) is 1.34. The summed E-state index contributed by atoms with van der Waals surface area (Å²) in [5.74, 6) is -0.310. The highest BCUT2D eigenvalue weighted by Crippen LogP contribution is 2.18. The van der Waals surface area contributed by atoms with Gasteiger partial charge in [0.25, 0.3) is 0 Å². The predicted molar refractivity (Wildman–Crippen MR) is 59.1 cm³/mol. The smallest absolute Gasteiger partial charge is 0.330 e. The van der Waals surface area contributed by atoms with Crippen LogP contribution in [0.1, 0.15) is 25.3 Å². The highest BCUT2D eigenvalue weighted by atomic mass is 16.5. The lowest BCUT2D eigenvalue weighted by Gasteiger charge is -2.05. The van der Waals surface area contributed by atoms with E-state index in [9.17, 15) is 4.79 Å². The summed E-state index contributed by atoms with van der Waals surface area (Å²) < 4.78 is 4.62. The molecule has 0 radical (unpaired) electrons. The molecule has 0 amide bonds. The van der Waals surface area contributed by atoms with Crippen molar-refractivity contribution >= 4 is 11.5 Å². The quantitative estimate of drug-likeness (QED) is 0.559. The lowest BCUT2D eigenvalue weighted by Crippen LogP contribution is -1.97. The van der Waals surface area contributed by atoms with Crippen molar-refractivity contribution in [1.82, 2.24) is 4.98 Å². The van der Waals surface area contributed by atoms with Gasteiger partial charge in [-0.05, 0) is 29.7 Å². The summed E-state index contributed by atoms with van der Waals surface area (Å²) >= 11 is 0. The number of esters is 1. The molecule has 0 fully saturated rings. The molecule has 0 spiro atoms. The molecule has 1 heterocycles. The maximum Gasteiger partial charge on any atom is 0.330 e. The summed E-state index contributed by atoms with van der Waals surface area (Å²) in [5, 5.41) is 0. The largest absolute Gasteiger partial charge is 0.466 e. The molecule has 80 valence electrons. The summed E-state index contributed by atoms with van der Waals surface area (Å²) in [6.45, 7) is 2.08. The molecule has 1 aromatic rings. The van der Waals surface area contributed by atoms with Crippen LogP contribution in [0.25, 0.3) is 5.57 Å². The van der Waals surface area contributed by atoms with E-state index in [0.717, 1.165) is 24.0 Å². The van der Waals surface area contributed by atoms with Crippen LogP contribution in [-0.2, 0) is 9.53 Å². The Morgan fingerprint density at radius 2 is 2.13 bits per heavy atom. The van der Waals surface area contributed by atoms with E-state index in [2.05, 4.69) is 16.6 Å². The molecule has 0 aliphatic carbocycles. The number of pyridine rings is 1. The van der Waals surface area contributed by atoms with Crippen molar-refractivity contribution in [3.63, 3.8) is 0 Å². The van der Waals surface area contributed by atoms with Crippen LogP contribution in [-0.4, -0.2) is 18.1 Å². The molecule has 0 aromatic carbocycles. The van der Waals surface area contributed by atoms with Gasteiger partial charge in [0, 0.05) is 18.5 Å². The summed E-state index contributed by atoms with van der Waals surface area (Å²) in [5.41, 5.74) is 2.02. The van der Waals surface area contributed by atoms with Crippen molar-refractivity contribution in [2.45, 2.75) is 19.8 Å². The monoisotopic (exact) mass is 205 g/mol. The molecule has 1 aromatic heterocycles. The maximum absolute atomic E-state index is 11.2. The number of allylic oxidation sites excluding steroid dienone is 1. The first-order valence-corrected chi connectivity index (χ1v) is 4.96. The third-order valence-corrected chi connectivity index (χ3v) is 2.06. The number of aromatic nitrogens is 1. The minimum absolute atomic E-state index is 0.310. The van der Waals surface area contributed by atoms with Crippen LogP contribution in [0.4, 0.5) is 0 Å². The highest BCUT2D eigenvalue weighted by Gasteiger charge is 2.03. The molecule has 3 nitrogen and oxygen atoms in total. The Morgan fingerprint density at radius 3 is 2.67 bits per heavy atom. The highest BCUT2D eigenvalue weighted by molar-refractivity contribution is 5.91. The third-order valence-electron chi connectivity index (χ3n) is 2.06. The van der Waals surface area contributed by atoms with E-state index in [-0.39, 0.29) is 5.97 Å². The molecule has 0 atom stereocenters. The summed E-state index contributed by atoms with van der Waals surface area (Å²) in [6.07, 6.45) is 6.83. The molecule has 3 heteroatoms. The lowest BCUT2D eigenvalue weighted by molar-refractivity contribution is -0.134. The van der Waals surface area contributed by atoms with Gasteiger partial charge < -0.3 is 4.74 Å². The molecule has 0 N–H and O–H groups in total. The number of carbonyl (C=O) groups excluding carboxylic acids is 1. The molecule has 0 saturated heterocycles. The van der Waals surface area contributed by atoms with Gasteiger partial charge in [0.05, 0.1) is 7.11 Å². The fraction of sp³-hybridized carbons (Fsp3) is 0.333. The molecular formula is C12H15NO2. The molecule has 0 unspecified atom stereocenters. The van der Waals surface area contributed by atoms with Gasteiger partial charge in [-0.1, -0.05) is 13.3 Å². The zero-order chi connectivity index (χ0) is 11.1. The topological polar surface area (TPSA) is 39.2 Å². The second-order valence-corrected chi connectivity index (χ2v) is 3.18. The van der Waals surface area contributed by atoms with Gasteiger partial charge in [0.1, 0.15) is 0 Å². The first kappa shape index (κ1) is 11.4. The predicted octanol–water partition coefficient (Wildman–Crippen LogP) is 2.44. The zero-order valence-electron chi connectivity index (χ0n) is 9.06. The Morgan fingerprint density at radius 1 is 1.47 bits per heavy atom. The minimum atomic E-state index is -0.310. The van der Waals surface area contributed by atoms with Gasteiger partial charge in [-0.2, -0.15) is 0 Å². The van der Waals surface area contributed by atoms with E-state index in [1.807, 2.05) is 12.1 Å². The lowest BCUT2D eigenvalue weighted by atomic mass is 10.0. The number of carbonyl (C=O) groups is 1. The normalized spacial score (nSPS) is 11.2. The average molecular weight is 205 g/mol. The Bertz CT molecular complexity index is 344. The second kappa shape index (κ2) is 5.96. The second-order valence-electron chi connectivity index (χ2n) is 3.18. The first-order chi connectivity index (χ1) is 7.27. The van der Waals surface area contributed by atoms with E-state index in [4.69, 9.17) is 0 Å². The number of rotatable bonds is 4. The van der Waals surface area contributed by atoms with E-state index < -0.39 is 0 Å². The van der Waals surface area contributed by atoms with Crippen molar-refractivity contribution in [2.75, 3.05) is 7.11 Å². The molecule has 1 rings (SSSR count). The molecule has 0 aliphatic heterocycles. The zero-order valence-corrected chi connectivity index (χ0v) is 9.06. The van der Waals surface area contributed by atoms with Gasteiger partial charge in [0.2, 0.25) is 0 Å². The van der Waals surface area contributed by atoms with Gasteiger partial charge >= 0.3 is 5.97 Å². The van der Waals surface area contributed by atoms with E-state index in [1.54, 1.807) is 18.5 Å². The van der Waals surface area contributed by atoms with Crippen LogP contribution < -0.4 is 0 Å². The van der Waals surface area contributed by atoms with E-state index in [1.165, 1.54) is 7.11 Å². The van der Waals surface area contributed by atoms with Crippen LogP contribution in [0.5, 0.6) is 0 Å². The molecule has 0 bridgehead atoms. The summed E-state index contributed by atoms with van der Waals surface area (Å²) in [6, 6.07) is 3.79. The molecule has 0 aliphatic rings. The average Bonchev–Trinajstić information content (AvgIpc) is 2.29. The summed E-state index contributed by atoms with van der Waals surface area (Å²) in [7, 11) is 1.38.